The Hall–Kier alpha value is -0.120. The van der Waals surface area contributed by atoms with Crippen molar-refractivity contribution in [3.8, 4) is 0 Å². The molecule has 5 aliphatic rings. The van der Waals surface area contributed by atoms with Crippen LogP contribution in [-0.4, -0.2) is 33.6 Å². The second kappa shape index (κ2) is 7.22. The molecule has 0 aromatic carbocycles. The Labute approximate surface area is 203 Å². The number of rotatable bonds is 2. The Bertz CT molecular complexity index is 784. The highest BCUT2D eigenvalue weighted by atomic mass is 16.5. The summed E-state index contributed by atoms with van der Waals surface area (Å²) in [7, 11) is 0. The van der Waals surface area contributed by atoms with Crippen LogP contribution in [0.5, 0.6) is 0 Å². The normalized spacial score (nSPS) is 56.2. The van der Waals surface area contributed by atoms with Gasteiger partial charge in [-0.25, -0.2) is 0 Å². The monoisotopic (exact) mass is 460 g/mol. The van der Waals surface area contributed by atoms with Gasteiger partial charge in [-0.1, -0.05) is 34.6 Å². The van der Waals surface area contributed by atoms with Crippen LogP contribution in [0, 0.1) is 45.3 Å². The van der Waals surface area contributed by atoms with Gasteiger partial charge in [0.1, 0.15) is 0 Å². The van der Waals surface area contributed by atoms with Crippen molar-refractivity contribution in [1.82, 2.24) is 0 Å². The smallest absolute Gasteiger partial charge is 0.0865 e. The summed E-state index contributed by atoms with van der Waals surface area (Å²) >= 11 is 0. The molecule has 0 spiro atoms. The zero-order chi connectivity index (χ0) is 24.2. The third-order valence-electron chi connectivity index (χ3n) is 13.3. The molecule has 4 aliphatic carbocycles. The van der Waals surface area contributed by atoms with Gasteiger partial charge in [0.15, 0.2) is 0 Å². The molecule has 0 bridgehead atoms. The maximum absolute atomic E-state index is 10.9. The van der Waals surface area contributed by atoms with Gasteiger partial charge in [0.25, 0.3) is 0 Å². The second-order valence-electron chi connectivity index (χ2n) is 15.3. The summed E-state index contributed by atoms with van der Waals surface area (Å²) in [5, 5.41) is 21.5. The fourth-order valence-electron chi connectivity index (χ4n) is 11.1. The number of ether oxygens (including phenoxy) is 1. The average molecular weight is 461 g/mol. The molecule has 1 aliphatic heterocycles. The van der Waals surface area contributed by atoms with Crippen molar-refractivity contribution in [3.63, 3.8) is 0 Å². The lowest BCUT2D eigenvalue weighted by Gasteiger charge is -2.70. The maximum Gasteiger partial charge on any atom is 0.0865 e. The fourth-order valence-corrected chi connectivity index (χ4v) is 11.1. The van der Waals surface area contributed by atoms with Crippen LogP contribution in [0.15, 0.2) is 0 Å². The van der Waals surface area contributed by atoms with Gasteiger partial charge in [0, 0.05) is 0 Å². The van der Waals surface area contributed by atoms with Gasteiger partial charge in [0.05, 0.1) is 23.4 Å². The lowest BCUT2D eigenvalue weighted by atomic mass is 9.35. The first kappa shape index (κ1) is 24.6. The molecule has 10 atom stereocenters. The van der Waals surface area contributed by atoms with E-state index in [9.17, 15) is 10.2 Å². The van der Waals surface area contributed by atoms with Gasteiger partial charge in [0.2, 0.25) is 0 Å². The van der Waals surface area contributed by atoms with Crippen molar-refractivity contribution >= 4 is 0 Å². The lowest BCUT2D eigenvalue weighted by Crippen LogP contribution is -2.64. The van der Waals surface area contributed by atoms with Crippen molar-refractivity contribution in [3.05, 3.63) is 0 Å². The number of hydrogen-bond acceptors (Lipinski definition) is 3. The SMILES string of the molecule is CC(C)(O)[C@@H]1CC[C@@](C)([C@H]2CC[C@]3(C)[C@@H]2CC[C@@H]2[C@@]4(C)CC[C@H](O)C(C)(C)[C@@H]4CC[C@]23C)O1. The number of hydrogen-bond donors (Lipinski definition) is 2. The van der Waals surface area contributed by atoms with Crippen LogP contribution in [0.4, 0.5) is 0 Å². The average Bonchev–Trinajstić information content (AvgIpc) is 3.27. The van der Waals surface area contributed by atoms with Gasteiger partial charge >= 0.3 is 0 Å². The molecule has 1 saturated heterocycles. The molecule has 2 N–H and O–H groups in total. The van der Waals surface area contributed by atoms with E-state index in [-0.39, 0.29) is 23.2 Å². The standard InChI is InChI=1S/C30H52O3/c1-25(2)21-12-17-29(7)22(27(21,5)15-13-23(25)31)10-9-19-20(11-16-28(19,29)6)30(8)18-14-24(33-30)26(3,4)32/h19-24,31-32H,9-18H2,1-8H3/t19-,20+,21+,22-,23+,24+,27+,28-,29-,30+/m1/s1. The summed E-state index contributed by atoms with van der Waals surface area (Å²) in [5.41, 5.74) is 0.277. The van der Waals surface area contributed by atoms with E-state index in [0.717, 1.165) is 31.1 Å². The van der Waals surface area contributed by atoms with Crippen LogP contribution in [0.3, 0.4) is 0 Å². The molecule has 4 saturated carbocycles. The minimum Gasteiger partial charge on any atom is -0.393 e. The van der Waals surface area contributed by atoms with Crippen molar-refractivity contribution in [2.45, 2.75) is 143 Å². The van der Waals surface area contributed by atoms with E-state index in [1.54, 1.807) is 0 Å². The molecule has 5 rings (SSSR count). The minimum absolute atomic E-state index is 0.0293. The van der Waals surface area contributed by atoms with Crippen LogP contribution < -0.4 is 0 Å². The fraction of sp³-hybridized carbons (Fsp3) is 1.00. The first-order chi connectivity index (χ1) is 15.1. The van der Waals surface area contributed by atoms with Gasteiger partial charge in [-0.3, -0.25) is 0 Å². The van der Waals surface area contributed by atoms with Gasteiger partial charge in [-0.05, 0) is 130 Å². The zero-order valence-electron chi connectivity index (χ0n) is 22.8. The predicted molar refractivity (Wildman–Crippen MR) is 134 cm³/mol. The molecule has 0 aromatic heterocycles. The van der Waals surface area contributed by atoms with Gasteiger partial charge < -0.3 is 14.9 Å². The highest BCUT2D eigenvalue weighted by molar-refractivity contribution is 5.18. The third kappa shape index (κ3) is 3.16. The van der Waals surface area contributed by atoms with Crippen molar-refractivity contribution in [1.29, 1.82) is 0 Å². The summed E-state index contributed by atoms with van der Waals surface area (Å²) in [6.45, 7) is 18.8. The van der Waals surface area contributed by atoms with E-state index in [4.69, 9.17) is 4.74 Å². The lowest BCUT2D eigenvalue weighted by molar-refractivity contribution is -0.227. The van der Waals surface area contributed by atoms with Crippen molar-refractivity contribution in [2.75, 3.05) is 0 Å². The summed E-state index contributed by atoms with van der Waals surface area (Å²) in [6.07, 6.45) is 11.9. The Morgan fingerprint density at radius 2 is 1.36 bits per heavy atom. The number of aliphatic hydroxyl groups is 2. The summed E-state index contributed by atoms with van der Waals surface area (Å²) < 4.78 is 6.73. The van der Waals surface area contributed by atoms with E-state index in [1.165, 1.54) is 44.9 Å². The molecule has 0 aromatic rings. The number of aliphatic hydroxyl groups excluding tert-OH is 1. The summed E-state index contributed by atoms with van der Waals surface area (Å²) in [4.78, 5) is 0. The first-order valence-corrected chi connectivity index (χ1v) is 14.2. The maximum atomic E-state index is 10.9. The molecule has 3 heteroatoms. The Balaban J connectivity index is 1.44. The molecule has 1 heterocycles. The molecule has 190 valence electrons. The quantitative estimate of drug-likeness (QED) is 0.480. The molecule has 33 heavy (non-hydrogen) atoms. The van der Waals surface area contributed by atoms with E-state index in [2.05, 4.69) is 41.5 Å². The summed E-state index contributed by atoms with van der Waals surface area (Å²) in [5.74, 6) is 2.73. The Morgan fingerprint density at radius 3 is 2.00 bits per heavy atom. The third-order valence-corrected chi connectivity index (χ3v) is 13.3. The summed E-state index contributed by atoms with van der Waals surface area (Å²) in [6, 6.07) is 0. The molecule has 0 amide bonds. The zero-order valence-corrected chi connectivity index (χ0v) is 22.8. The van der Waals surface area contributed by atoms with E-state index in [0.29, 0.717) is 28.1 Å². The molecular formula is C30H52O3. The predicted octanol–water partition coefficient (Wildman–Crippen LogP) is 6.74. The molecule has 3 nitrogen and oxygen atoms in total. The Morgan fingerprint density at radius 1 is 0.697 bits per heavy atom. The van der Waals surface area contributed by atoms with E-state index >= 15 is 0 Å². The first-order valence-electron chi connectivity index (χ1n) is 14.2. The molecule has 0 radical (unpaired) electrons. The molecule has 0 unspecified atom stereocenters. The van der Waals surface area contributed by atoms with E-state index < -0.39 is 5.60 Å². The second-order valence-corrected chi connectivity index (χ2v) is 15.3. The van der Waals surface area contributed by atoms with Crippen LogP contribution in [0.1, 0.15) is 120 Å². The highest BCUT2D eigenvalue weighted by Crippen LogP contribution is 2.76. The van der Waals surface area contributed by atoms with Crippen LogP contribution >= 0.6 is 0 Å². The van der Waals surface area contributed by atoms with Crippen LogP contribution in [0.2, 0.25) is 0 Å². The van der Waals surface area contributed by atoms with Gasteiger partial charge in [-0.2, -0.15) is 0 Å². The largest absolute Gasteiger partial charge is 0.393 e. The Kier molecular flexibility index (Phi) is 5.38. The van der Waals surface area contributed by atoms with Crippen LogP contribution in [0.25, 0.3) is 0 Å². The van der Waals surface area contributed by atoms with Crippen molar-refractivity contribution in [2.24, 2.45) is 45.3 Å². The van der Waals surface area contributed by atoms with Crippen molar-refractivity contribution < 1.29 is 14.9 Å². The topological polar surface area (TPSA) is 49.7 Å². The molecular weight excluding hydrogens is 408 g/mol. The van der Waals surface area contributed by atoms with E-state index in [1.807, 2.05) is 13.8 Å². The number of fused-ring (bicyclic) bond motifs is 5. The van der Waals surface area contributed by atoms with Crippen LogP contribution in [-0.2, 0) is 4.74 Å². The minimum atomic E-state index is -0.755. The van der Waals surface area contributed by atoms with Gasteiger partial charge in [-0.15, -0.1) is 0 Å². The molecule has 5 fully saturated rings. The highest BCUT2D eigenvalue weighted by Gasteiger charge is 2.70.